The van der Waals surface area contributed by atoms with Crippen LogP contribution in [0.2, 0.25) is 0 Å². The van der Waals surface area contributed by atoms with Crippen molar-refractivity contribution in [2.75, 3.05) is 25.7 Å². The van der Waals surface area contributed by atoms with Crippen LogP contribution in [-0.4, -0.2) is 53.7 Å². The third kappa shape index (κ3) is 4.39. The van der Waals surface area contributed by atoms with Gasteiger partial charge in [0.1, 0.15) is 9.84 Å². The molecular weight excluding hydrogens is 452 g/mol. The molecule has 32 heavy (non-hydrogen) atoms. The number of hydrogen-bond acceptors (Lipinski definition) is 8. The number of nitrogens with one attached hydrogen (secondary N) is 1. The van der Waals surface area contributed by atoms with Crippen LogP contribution in [0.3, 0.4) is 0 Å². The highest BCUT2D eigenvalue weighted by Gasteiger charge is 2.25. The predicted molar refractivity (Wildman–Crippen MR) is 123 cm³/mol. The molecule has 0 aliphatic rings. The number of nitrogens with zero attached hydrogens (tertiary/aromatic N) is 3. The van der Waals surface area contributed by atoms with E-state index in [0.717, 1.165) is 17.5 Å². The van der Waals surface area contributed by atoms with Crippen molar-refractivity contribution in [3.05, 3.63) is 57.4 Å². The van der Waals surface area contributed by atoms with Crippen LogP contribution in [0.4, 0.5) is 0 Å². The van der Waals surface area contributed by atoms with Crippen molar-refractivity contribution in [1.29, 1.82) is 0 Å². The molecule has 0 fully saturated rings. The standard InChI is InChI=1S/C21H22N4O5S2/c1-4-30-19-8-13(5-6-18(19)29-2)17(11-32(3,27)28)25-20-15(24-21(25)26)7-14(9-22-20)16-10-31-12-23-16/h5-10,12,17H,4,11H2,1-3H3,(H,24,26)/t17-/m0/s1. The average Bonchev–Trinajstić information content (AvgIpc) is 3.38. The number of methoxy groups -OCH3 is 1. The predicted octanol–water partition coefficient (Wildman–Crippen LogP) is 2.89. The molecule has 4 aromatic rings. The summed E-state index contributed by atoms with van der Waals surface area (Å²) in [6.07, 6.45) is 2.76. The van der Waals surface area contributed by atoms with E-state index in [0.29, 0.717) is 34.8 Å². The van der Waals surface area contributed by atoms with E-state index < -0.39 is 21.6 Å². The Labute approximate surface area is 188 Å². The van der Waals surface area contributed by atoms with Crippen molar-refractivity contribution in [3.63, 3.8) is 0 Å². The lowest BCUT2D eigenvalue weighted by Gasteiger charge is -2.20. The number of fused-ring (bicyclic) bond motifs is 1. The molecule has 3 aromatic heterocycles. The van der Waals surface area contributed by atoms with Crippen LogP contribution in [-0.2, 0) is 9.84 Å². The first-order valence-corrected chi connectivity index (χ1v) is 12.8. The molecule has 1 N–H and O–H groups in total. The van der Waals surface area contributed by atoms with Gasteiger partial charge in [0.05, 0.1) is 42.2 Å². The lowest BCUT2D eigenvalue weighted by atomic mass is 10.1. The summed E-state index contributed by atoms with van der Waals surface area (Å²) in [6.45, 7) is 2.25. The van der Waals surface area contributed by atoms with Crippen molar-refractivity contribution in [2.45, 2.75) is 13.0 Å². The molecule has 0 aliphatic carbocycles. The zero-order valence-electron chi connectivity index (χ0n) is 17.7. The monoisotopic (exact) mass is 474 g/mol. The largest absolute Gasteiger partial charge is 0.493 e. The molecule has 0 spiro atoms. The van der Waals surface area contributed by atoms with Gasteiger partial charge in [-0.05, 0) is 30.7 Å². The molecule has 0 amide bonds. The van der Waals surface area contributed by atoms with Crippen LogP contribution in [0, 0.1) is 0 Å². The fourth-order valence-corrected chi connectivity index (χ4v) is 5.05. The van der Waals surface area contributed by atoms with Gasteiger partial charge in [-0.2, -0.15) is 0 Å². The number of benzene rings is 1. The van der Waals surface area contributed by atoms with Gasteiger partial charge in [0.25, 0.3) is 0 Å². The highest BCUT2D eigenvalue weighted by atomic mass is 32.2. The lowest BCUT2D eigenvalue weighted by Crippen LogP contribution is -2.28. The maximum atomic E-state index is 13.0. The number of pyridine rings is 1. The number of hydrogen-bond donors (Lipinski definition) is 1. The first-order valence-electron chi connectivity index (χ1n) is 9.78. The van der Waals surface area contributed by atoms with Gasteiger partial charge in [0, 0.05) is 23.4 Å². The third-order valence-electron chi connectivity index (χ3n) is 4.93. The van der Waals surface area contributed by atoms with E-state index >= 15 is 0 Å². The number of rotatable bonds is 8. The molecule has 1 aromatic carbocycles. The minimum atomic E-state index is -3.45. The molecule has 11 heteroatoms. The number of aromatic amines is 1. The van der Waals surface area contributed by atoms with Crippen LogP contribution in [0.5, 0.6) is 11.5 Å². The molecule has 3 heterocycles. The van der Waals surface area contributed by atoms with E-state index in [4.69, 9.17) is 9.47 Å². The van der Waals surface area contributed by atoms with E-state index in [2.05, 4.69) is 15.0 Å². The smallest absolute Gasteiger partial charge is 0.328 e. The molecule has 9 nitrogen and oxygen atoms in total. The summed E-state index contributed by atoms with van der Waals surface area (Å²) in [6, 6.07) is 6.10. The Morgan fingerprint density at radius 1 is 1.22 bits per heavy atom. The van der Waals surface area contributed by atoms with Gasteiger partial charge in [0.15, 0.2) is 17.1 Å². The van der Waals surface area contributed by atoms with Crippen molar-refractivity contribution in [1.82, 2.24) is 19.5 Å². The van der Waals surface area contributed by atoms with Crippen LogP contribution in [0.25, 0.3) is 22.4 Å². The molecule has 0 radical (unpaired) electrons. The summed E-state index contributed by atoms with van der Waals surface area (Å²) in [5.74, 6) is 0.705. The number of ether oxygens (including phenoxy) is 2. The highest BCUT2D eigenvalue weighted by Crippen LogP contribution is 2.33. The number of sulfone groups is 1. The fraction of sp³-hybridized carbons (Fsp3) is 0.286. The normalized spacial score (nSPS) is 12.7. The first-order chi connectivity index (χ1) is 15.3. The van der Waals surface area contributed by atoms with Crippen molar-refractivity contribution in [3.8, 4) is 22.8 Å². The SMILES string of the molecule is CCOc1cc([C@H](CS(C)(=O)=O)n2c(=O)[nH]c3cc(-c4cscn4)cnc32)ccc1OC. The Morgan fingerprint density at radius 2 is 2.03 bits per heavy atom. The van der Waals surface area contributed by atoms with E-state index in [9.17, 15) is 13.2 Å². The Bertz CT molecular complexity index is 1410. The first kappa shape index (κ1) is 22.0. The van der Waals surface area contributed by atoms with Gasteiger partial charge in [-0.15, -0.1) is 11.3 Å². The molecule has 1 atom stereocenters. The van der Waals surface area contributed by atoms with Gasteiger partial charge < -0.3 is 14.5 Å². The zero-order valence-corrected chi connectivity index (χ0v) is 19.4. The number of H-pyrrole nitrogens is 1. The van der Waals surface area contributed by atoms with E-state index in [-0.39, 0.29) is 5.75 Å². The highest BCUT2D eigenvalue weighted by molar-refractivity contribution is 7.90. The number of thiazole rings is 1. The quantitative estimate of drug-likeness (QED) is 0.417. The molecule has 0 unspecified atom stereocenters. The van der Waals surface area contributed by atoms with E-state index in [1.807, 2.05) is 12.3 Å². The molecule has 4 rings (SSSR count). The third-order valence-corrected chi connectivity index (χ3v) is 6.44. The Balaban J connectivity index is 1.88. The second-order valence-corrected chi connectivity index (χ2v) is 10.1. The summed E-state index contributed by atoms with van der Waals surface area (Å²) >= 11 is 1.46. The van der Waals surface area contributed by atoms with Gasteiger partial charge in [-0.25, -0.2) is 23.2 Å². The second-order valence-electron chi connectivity index (χ2n) is 7.22. The Kier molecular flexibility index (Phi) is 6.02. The number of aromatic nitrogens is 4. The molecule has 0 saturated carbocycles. The van der Waals surface area contributed by atoms with Gasteiger partial charge in [0.2, 0.25) is 0 Å². The zero-order chi connectivity index (χ0) is 22.9. The topological polar surface area (TPSA) is 116 Å². The lowest BCUT2D eigenvalue weighted by molar-refractivity contribution is 0.310. The Morgan fingerprint density at radius 3 is 2.69 bits per heavy atom. The fourth-order valence-electron chi connectivity index (χ4n) is 3.57. The van der Waals surface area contributed by atoms with Crippen LogP contribution in [0.1, 0.15) is 18.5 Å². The summed E-state index contributed by atoms with van der Waals surface area (Å²) in [7, 11) is -1.92. The van der Waals surface area contributed by atoms with Gasteiger partial charge in [-0.3, -0.25) is 4.57 Å². The second kappa shape index (κ2) is 8.75. The number of imidazole rings is 1. The summed E-state index contributed by atoms with van der Waals surface area (Å²) in [5.41, 5.74) is 4.22. The molecule has 0 saturated heterocycles. The van der Waals surface area contributed by atoms with Crippen LogP contribution in [0.15, 0.2) is 46.1 Å². The van der Waals surface area contributed by atoms with E-state index in [1.165, 1.54) is 23.0 Å². The summed E-state index contributed by atoms with van der Waals surface area (Å²) in [5, 5.41) is 1.89. The molecular formula is C21H22N4O5S2. The van der Waals surface area contributed by atoms with Gasteiger partial charge in [-0.1, -0.05) is 6.07 Å². The van der Waals surface area contributed by atoms with Crippen molar-refractivity contribution >= 4 is 32.3 Å². The molecule has 0 bridgehead atoms. The minimum Gasteiger partial charge on any atom is -0.493 e. The summed E-state index contributed by atoms with van der Waals surface area (Å²) < 4.78 is 36.9. The maximum absolute atomic E-state index is 13.0. The maximum Gasteiger partial charge on any atom is 0.328 e. The van der Waals surface area contributed by atoms with Gasteiger partial charge >= 0.3 is 5.69 Å². The minimum absolute atomic E-state index is 0.284. The Hall–Kier alpha value is -3.18. The van der Waals surface area contributed by atoms with Crippen molar-refractivity contribution < 1.29 is 17.9 Å². The molecule has 168 valence electrons. The average molecular weight is 475 g/mol. The van der Waals surface area contributed by atoms with E-state index in [1.54, 1.807) is 36.0 Å². The van der Waals surface area contributed by atoms with Crippen LogP contribution < -0.4 is 15.2 Å². The van der Waals surface area contributed by atoms with Crippen LogP contribution >= 0.6 is 11.3 Å². The molecule has 0 aliphatic heterocycles. The summed E-state index contributed by atoms with van der Waals surface area (Å²) in [4.78, 5) is 24.5. The van der Waals surface area contributed by atoms with Crippen molar-refractivity contribution in [2.24, 2.45) is 0 Å².